The van der Waals surface area contributed by atoms with Gasteiger partial charge < -0.3 is 14.2 Å². The van der Waals surface area contributed by atoms with Crippen molar-refractivity contribution in [3.8, 4) is 0 Å². The summed E-state index contributed by atoms with van der Waals surface area (Å²) in [5.41, 5.74) is 0. The number of carbonyl (C=O) groups is 3. The lowest BCUT2D eigenvalue weighted by molar-refractivity contribution is -0.167. The fraction of sp³-hybridized carbons (Fsp3) is 0.933. The minimum Gasteiger partial charge on any atom is -0.462 e. The monoisotopic (exact) mass is 723 g/mol. The summed E-state index contributed by atoms with van der Waals surface area (Å²) in [6, 6.07) is 0. The number of hydrogen-bond donors (Lipinski definition) is 0. The highest BCUT2D eigenvalue weighted by Gasteiger charge is 2.19. The van der Waals surface area contributed by atoms with Gasteiger partial charge in [0.1, 0.15) is 13.2 Å². The fourth-order valence-electron chi connectivity index (χ4n) is 6.54. The van der Waals surface area contributed by atoms with Crippen LogP contribution in [0.25, 0.3) is 0 Å². The number of unbranched alkanes of at least 4 members (excludes halogenated alkanes) is 23. The van der Waals surface area contributed by atoms with Gasteiger partial charge in [0, 0.05) is 19.3 Å². The molecule has 0 bridgehead atoms. The van der Waals surface area contributed by atoms with Gasteiger partial charge in [0.2, 0.25) is 0 Å². The molecule has 0 N–H and O–H groups in total. The first-order valence-electron chi connectivity index (χ1n) is 22.3. The third-order valence-electron chi connectivity index (χ3n) is 10.3. The normalized spacial score (nSPS) is 12.6. The Morgan fingerprint density at radius 3 is 1.12 bits per heavy atom. The van der Waals surface area contributed by atoms with Gasteiger partial charge in [-0.05, 0) is 31.1 Å². The molecule has 2 atom stereocenters. The topological polar surface area (TPSA) is 78.9 Å². The van der Waals surface area contributed by atoms with E-state index in [1.807, 2.05) is 0 Å². The minimum absolute atomic E-state index is 0.0661. The molecule has 302 valence electrons. The van der Waals surface area contributed by atoms with E-state index in [2.05, 4.69) is 34.6 Å². The van der Waals surface area contributed by atoms with E-state index >= 15 is 0 Å². The van der Waals surface area contributed by atoms with Crippen LogP contribution in [0.15, 0.2) is 0 Å². The molecule has 0 spiro atoms. The van der Waals surface area contributed by atoms with Gasteiger partial charge in [-0.1, -0.05) is 202 Å². The van der Waals surface area contributed by atoms with Crippen LogP contribution in [0.2, 0.25) is 0 Å². The Balaban J connectivity index is 4.24. The third-order valence-corrected chi connectivity index (χ3v) is 10.3. The molecule has 0 heterocycles. The zero-order valence-electron chi connectivity index (χ0n) is 34.7. The molecule has 6 heteroatoms. The van der Waals surface area contributed by atoms with E-state index in [0.29, 0.717) is 19.3 Å². The van der Waals surface area contributed by atoms with Crippen molar-refractivity contribution in [2.45, 2.75) is 246 Å². The zero-order valence-corrected chi connectivity index (χ0v) is 34.7. The Kier molecular flexibility index (Phi) is 37.0. The van der Waals surface area contributed by atoms with Crippen LogP contribution in [-0.2, 0) is 28.6 Å². The highest BCUT2D eigenvalue weighted by Crippen LogP contribution is 2.17. The van der Waals surface area contributed by atoms with Crippen molar-refractivity contribution in [1.29, 1.82) is 0 Å². The lowest BCUT2D eigenvalue weighted by Gasteiger charge is -2.18. The number of rotatable bonds is 39. The molecule has 0 saturated heterocycles. The van der Waals surface area contributed by atoms with Crippen LogP contribution in [0.1, 0.15) is 240 Å². The molecule has 0 aromatic carbocycles. The number of carbonyl (C=O) groups excluding carboxylic acids is 3. The van der Waals surface area contributed by atoms with Crippen LogP contribution in [0.5, 0.6) is 0 Å². The highest BCUT2D eigenvalue weighted by molar-refractivity contribution is 5.71. The van der Waals surface area contributed by atoms with E-state index in [-0.39, 0.29) is 31.1 Å². The summed E-state index contributed by atoms with van der Waals surface area (Å²) in [4.78, 5) is 37.5. The molecule has 0 aliphatic heterocycles. The van der Waals surface area contributed by atoms with Gasteiger partial charge in [-0.2, -0.15) is 0 Å². The smallest absolute Gasteiger partial charge is 0.306 e. The van der Waals surface area contributed by atoms with E-state index in [1.54, 1.807) is 0 Å². The first-order valence-corrected chi connectivity index (χ1v) is 22.3. The largest absolute Gasteiger partial charge is 0.462 e. The first-order chi connectivity index (χ1) is 24.8. The van der Waals surface area contributed by atoms with Gasteiger partial charge >= 0.3 is 17.9 Å². The van der Waals surface area contributed by atoms with Crippen molar-refractivity contribution >= 4 is 17.9 Å². The van der Waals surface area contributed by atoms with Gasteiger partial charge in [0.25, 0.3) is 0 Å². The molecular weight excluding hydrogens is 636 g/mol. The maximum absolute atomic E-state index is 12.6. The van der Waals surface area contributed by atoms with Crippen molar-refractivity contribution in [1.82, 2.24) is 0 Å². The summed E-state index contributed by atoms with van der Waals surface area (Å²) in [6.07, 6.45) is 35.3. The molecule has 0 aliphatic carbocycles. The maximum atomic E-state index is 12.6. The minimum atomic E-state index is -0.759. The maximum Gasteiger partial charge on any atom is 0.306 e. The van der Waals surface area contributed by atoms with Crippen LogP contribution in [-0.4, -0.2) is 37.2 Å². The Morgan fingerprint density at radius 1 is 0.412 bits per heavy atom. The molecule has 6 nitrogen and oxygen atoms in total. The summed E-state index contributed by atoms with van der Waals surface area (Å²) in [5.74, 6) is 0.782. The van der Waals surface area contributed by atoms with Crippen LogP contribution >= 0.6 is 0 Å². The average Bonchev–Trinajstić information content (AvgIpc) is 3.11. The van der Waals surface area contributed by atoms with Crippen LogP contribution < -0.4 is 0 Å². The van der Waals surface area contributed by atoms with Crippen molar-refractivity contribution in [2.75, 3.05) is 13.2 Å². The van der Waals surface area contributed by atoms with Crippen LogP contribution in [0.3, 0.4) is 0 Å². The Hall–Kier alpha value is -1.59. The number of esters is 3. The quantitative estimate of drug-likeness (QED) is 0.0357. The Morgan fingerprint density at radius 2 is 0.745 bits per heavy atom. The third kappa shape index (κ3) is 38.0. The molecule has 0 fully saturated rings. The van der Waals surface area contributed by atoms with Crippen molar-refractivity contribution < 1.29 is 28.6 Å². The van der Waals surface area contributed by atoms with Gasteiger partial charge in [0.05, 0.1) is 0 Å². The summed E-state index contributed by atoms with van der Waals surface area (Å²) in [5, 5.41) is 0. The number of ether oxygens (including phenoxy) is 3. The van der Waals surface area contributed by atoms with E-state index in [0.717, 1.165) is 69.6 Å². The van der Waals surface area contributed by atoms with Crippen molar-refractivity contribution in [2.24, 2.45) is 11.8 Å². The highest BCUT2D eigenvalue weighted by atomic mass is 16.6. The molecule has 0 amide bonds. The molecule has 0 aliphatic rings. The Bertz CT molecular complexity index is 781. The van der Waals surface area contributed by atoms with Gasteiger partial charge in [-0.3, -0.25) is 14.4 Å². The standard InChI is InChI=1S/C45H86O6/c1-6-8-9-10-18-25-30-35-43(46)49-38-42(51-45(48)37-32-27-22-21-24-29-34-41(5)7-2)39-50-44(47)36-31-26-20-17-15-13-11-12-14-16-19-23-28-33-40(3)4/h40-42H,6-39H2,1-5H3/t41?,42-/m0/s1. The van der Waals surface area contributed by atoms with E-state index < -0.39 is 6.10 Å². The molecular formula is C45H86O6. The molecule has 0 saturated carbocycles. The van der Waals surface area contributed by atoms with E-state index in [9.17, 15) is 14.4 Å². The first kappa shape index (κ1) is 49.4. The molecule has 0 aromatic rings. The SMILES string of the molecule is CCCCCCCCCC(=O)OC[C@@H](COC(=O)CCCCCCCCCCCCCCCC(C)C)OC(=O)CCCCCCCCC(C)CC. The van der Waals surface area contributed by atoms with Gasteiger partial charge in [0.15, 0.2) is 6.10 Å². The zero-order chi connectivity index (χ0) is 37.6. The summed E-state index contributed by atoms with van der Waals surface area (Å²) < 4.78 is 16.6. The average molecular weight is 723 g/mol. The van der Waals surface area contributed by atoms with Gasteiger partial charge in [-0.15, -0.1) is 0 Å². The fourth-order valence-corrected chi connectivity index (χ4v) is 6.54. The van der Waals surface area contributed by atoms with Crippen LogP contribution in [0.4, 0.5) is 0 Å². The second kappa shape index (κ2) is 38.1. The second-order valence-corrected chi connectivity index (χ2v) is 16.1. The van der Waals surface area contributed by atoms with Crippen molar-refractivity contribution in [3.63, 3.8) is 0 Å². The number of hydrogen-bond acceptors (Lipinski definition) is 6. The molecule has 0 rings (SSSR count). The van der Waals surface area contributed by atoms with Gasteiger partial charge in [-0.25, -0.2) is 0 Å². The molecule has 51 heavy (non-hydrogen) atoms. The van der Waals surface area contributed by atoms with E-state index in [4.69, 9.17) is 14.2 Å². The molecule has 1 unspecified atom stereocenters. The summed E-state index contributed by atoms with van der Waals surface area (Å²) in [6.45, 7) is 11.3. The lowest BCUT2D eigenvalue weighted by Crippen LogP contribution is -2.30. The summed E-state index contributed by atoms with van der Waals surface area (Å²) >= 11 is 0. The Labute approximate surface area is 317 Å². The second-order valence-electron chi connectivity index (χ2n) is 16.1. The summed E-state index contributed by atoms with van der Waals surface area (Å²) in [7, 11) is 0. The lowest BCUT2D eigenvalue weighted by atomic mass is 10.00. The predicted molar refractivity (Wildman–Crippen MR) is 215 cm³/mol. The predicted octanol–water partition coefficient (Wildman–Crippen LogP) is 13.8. The van der Waals surface area contributed by atoms with Crippen LogP contribution in [0, 0.1) is 11.8 Å². The molecule has 0 aromatic heterocycles. The van der Waals surface area contributed by atoms with Crippen molar-refractivity contribution in [3.05, 3.63) is 0 Å². The van der Waals surface area contributed by atoms with E-state index in [1.165, 1.54) is 128 Å². The molecule has 0 radical (unpaired) electrons.